The monoisotopic (exact) mass is 299 g/mol. The second-order valence-corrected chi connectivity index (χ2v) is 5.08. The molecular weight excluding hydrogens is 282 g/mol. The van der Waals surface area contributed by atoms with Gasteiger partial charge in [-0.25, -0.2) is 0 Å². The molecule has 0 aliphatic rings. The average Bonchev–Trinajstić information content (AvgIpc) is 2.34. The number of rotatable bonds is 5. The average molecular weight is 300 g/mol. The number of aliphatic hydroxyl groups is 1. The normalized spacial score (nSPS) is 12.2. The lowest BCUT2D eigenvalue weighted by Crippen LogP contribution is -2.37. The smallest absolute Gasteiger partial charge is 0.222 e. The van der Waals surface area contributed by atoms with Crippen LogP contribution >= 0.6 is 15.9 Å². The van der Waals surface area contributed by atoms with Crippen molar-refractivity contribution in [2.75, 3.05) is 13.7 Å². The molecule has 0 saturated heterocycles. The molecule has 1 N–H and O–H groups in total. The van der Waals surface area contributed by atoms with Gasteiger partial charge in [0.25, 0.3) is 0 Å². The number of hydrogen-bond donors (Lipinski definition) is 1. The van der Waals surface area contributed by atoms with E-state index >= 15 is 0 Å². The third kappa shape index (κ3) is 4.48. The van der Waals surface area contributed by atoms with Gasteiger partial charge in [0, 0.05) is 17.9 Å². The van der Waals surface area contributed by atoms with Crippen molar-refractivity contribution in [1.82, 2.24) is 4.90 Å². The number of nitrogens with zero attached hydrogens (tertiary/aromatic N) is 1. The number of carbonyl (C=O) groups excluding carboxylic acids is 1. The molecule has 1 unspecified atom stereocenters. The van der Waals surface area contributed by atoms with E-state index in [1.165, 1.54) is 0 Å². The quantitative estimate of drug-likeness (QED) is 0.906. The standard InChI is InChI=1S/C13H18BrNO2/c1-10(9-16)15(2)13(17)7-6-11-4-3-5-12(14)8-11/h3-5,8,10,16H,6-7,9H2,1-2H3. The van der Waals surface area contributed by atoms with Gasteiger partial charge < -0.3 is 10.0 Å². The summed E-state index contributed by atoms with van der Waals surface area (Å²) in [4.78, 5) is 13.4. The number of halogens is 1. The largest absolute Gasteiger partial charge is 0.394 e. The summed E-state index contributed by atoms with van der Waals surface area (Å²) in [6.45, 7) is 1.83. The minimum Gasteiger partial charge on any atom is -0.394 e. The van der Waals surface area contributed by atoms with Gasteiger partial charge >= 0.3 is 0 Å². The van der Waals surface area contributed by atoms with E-state index in [9.17, 15) is 4.79 Å². The van der Waals surface area contributed by atoms with Gasteiger partial charge in [-0.3, -0.25) is 4.79 Å². The Kier molecular flexibility index (Phi) is 5.65. The third-order valence-corrected chi connectivity index (χ3v) is 3.33. The Morgan fingerprint density at radius 3 is 2.82 bits per heavy atom. The fourth-order valence-electron chi connectivity index (χ4n) is 1.49. The summed E-state index contributed by atoms with van der Waals surface area (Å²) in [5.74, 6) is 0.0616. The molecule has 4 heteroatoms. The molecule has 0 heterocycles. The maximum atomic E-state index is 11.8. The molecule has 94 valence electrons. The Labute approximate surface area is 111 Å². The molecule has 0 spiro atoms. The van der Waals surface area contributed by atoms with Crippen LogP contribution in [0.25, 0.3) is 0 Å². The summed E-state index contributed by atoms with van der Waals surface area (Å²) >= 11 is 3.40. The summed E-state index contributed by atoms with van der Waals surface area (Å²) < 4.78 is 1.03. The Morgan fingerprint density at radius 1 is 1.53 bits per heavy atom. The van der Waals surface area contributed by atoms with Gasteiger partial charge in [-0.2, -0.15) is 0 Å². The highest BCUT2D eigenvalue weighted by Gasteiger charge is 2.14. The van der Waals surface area contributed by atoms with Crippen LogP contribution in [-0.2, 0) is 11.2 Å². The lowest BCUT2D eigenvalue weighted by Gasteiger charge is -2.23. The minimum absolute atomic E-state index is 0.000868. The van der Waals surface area contributed by atoms with Crippen molar-refractivity contribution in [3.8, 4) is 0 Å². The van der Waals surface area contributed by atoms with Crippen LogP contribution in [0.15, 0.2) is 28.7 Å². The van der Waals surface area contributed by atoms with Crippen LogP contribution in [0.1, 0.15) is 18.9 Å². The first kappa shape index (κ1) is 14.2. The maximum Gasteiger partial charge on any atom is 0.222 e. The second kappa shape index (κ2) is 6.77. The number of aliphatic hydroxyl groups excluding tert-OH is 1. The summed E-state index contributed by atoms with van der Waals surface area (Å²) in [5.41, 5.74) is 1.14. The molecule has 3 nitrogen and oxygen atoms in total. The SMILES string of the molecule is CC(CO)N(C)C(=O)CCc1cccc(Br)c1. The summed E-state index contributed by atoms with van der Waals surface area (Å²) in [7, 11) is 1.73. The Morgan fingerprint density at radius 2 is 2.24 bits per heavy atom. The first-order chi connectivity index (χ1) is 8.04. The van der Waals surface area contributed by atoms with E-state index in [0.717, 1.165) is 16.5 Å². The van der Waals surface area contributed by atoms with Crippen molar-refractivity contribution in [3.05, 3.63) is 34.3 Å². The van der Waals surface area contributed by atoms with Gasteiger partial charge in [0.15, 0.2) is 0 Å². The van der Waals surface area contributed by atoms with Gasteiger partial charge in [-0.15, -0.1) is 0 Å². The highest BCUT2D eigenvalue weighted by Crippen LogP contribution is 2.13. The lowest BCUT2D eigenvalue weighted by molar-refractivity contribution is -0.132. The fourth-order valence-corrected chi connectivity index (χ4v) is 1.94. The molecule has 17 heavy (non-hydrogen) atoms. The van der Waals surface area contributed by atoms with Gasteiger partial charge in [0.05, 0.1) is 12.6 Å². The molecule has 1 rings (SSSR count). The van der Waals surface area contributed by atoms with Crippen LogP contribution < -0.4 is 0 Å². The second-order valence-electron chi connectivity index (χ2n) is 4.17. The molecule has 0 aromatic heterocycles. The zero-order valence-corrected chi connectivity index (χ0v) is 11.8. The van der Waals surface area contributed by atoms with Gasteiger partial charge in [-0.05, 0) is 31.0 Å². The van der Waals surface area contributed by atoms with Crippen molar-refractivity contribution in [2.24, 2.45) is 0 Å². The topological polar surface area (TPSA) is 40.5 Å². The van der Waals surface area contributed by atoms with Crippen LogP contribution in [0.4, 0.5) is 0 Å². The summed E-state index contributed by atoms with van der Waals surface area (Å²) in [5, 5.41) is 8.98. The molecular formula is C13H18BrNO2. The molecule has 0 aliphatic heterocycles. The van der Waals surface area contributed by atoms with Gasteiger partial charge in [0.1, 0.15) is 0 Å². The van der Waals surface area contributed by atoms with Crippen molar-refractivity contribution in [2.45, 2.75) is 25.8 Å². The molecule has 1 amide bonds. The molecule has 0 radical (unpaired) electrons. The highest BCUT2D eigenvalue weighted by molar-refractivity contribution is 9.10. The molecule has 0 aliphatic carbocycles. The Balaban J connectivity index is 2.48. The van der Waals surface area contributed by atoms with Crippen molar-refractivity contribution in [1.29, 1.82) is 0 Å². The van der Waals surface area contributed by atoms with Crippen molar-refractivity contribution in [3.63, 3.8) is 0 Å². The zero-order chi connectivity index (χ0) is 12.8. The molecule has 0 fully saturated rings. The molecule has 1 aromatic carbocycles. The van der Waals surface area contributed by atoms with E-state index in [2.05, 4.69) is 15.9 Å². The Bertz CT molecular complexity index is 381. The van der Waals surface area contributed by atoms with E-state index in [1.54, 1.807) is 11.9 Å². The number of aryl methyl sites for hydroxylation is 1. The molecule has 1 aromatic rings. The van der Waals surface area contributed by atoms with Gasteiger partial charge in [0.2, 0.25) is 5.91 Å². The first-order valence-corrected chi connectivity index (χ1v) is 6.45. The van der Waals surface area contributed by atoms with E-state index in [0.29, 0.717) is 6.42 Å². The summed E-state index contributed by atoms with van der Waals surface area (Å²) in [6, 6.07) is 7.83. The van der Waals surface area contributed by atoms with Crippen molar-refractivity contribution < 1.29 is 9.90 Å². The van der Waals surface area contributed by atoms with Crippen LogP contribution in [-0.4, -0.2) is 35.6 Å². The van der Waals surface area contributed by atoms with Crippen LogP contribution in [0.3, 0.4) is 0 Å². The highest BCUT2D eigenvalue weighted by atomic mass is 79.9. The number of hydrogen-bond acceptors (Lipinski definition) is 2. The molecule has 0 saturated carbocycles. The Hall–Kier alpha value is -0.870. The van der Waals surface area contributed by atoms with Crippen LogP contribution in [0.5, 0.6) is 0 Å². The predicted molar refractivity (Wildman–Crippen MR) is 71.8 cm³/mol. The lowest BCUT2D eigenvalue weighted by atomic mass is 10.1. The third-order valence-electron chi connectivity index (χ3n) is 2.84. The van der Waals surface area contributed by atoms with E-state index in [4.69, 9.17) is 5.11 Å². The predicted octanol–water partition coefficient (Wildman–Crippen LogP) is 2.22. The minimum atomic E-state index is -0.120. The van der Waals surface area contributed by atoms with Crippen LogP contribution in [0, 0.1) is 0 Å². The number of benzene rings is 1. The molecule has 1 atom stereocenters. The van der Waals surface area contributed by atoms with E-state index in [-0.39, 0.29) is 18.6 Å². The maximum absolute atomic E-state index is 11.8. The number of carbonyl (C=O) groups is 1. The molecule has 0 bridgehead atoms. The number of likely N-dealkylation sites (N-methyl/N-ethyl adjacent to an activating group) is 1. The van der Waals surface area contributed by atoms with E-state index < -0.39 is 0 Å². The number of amides is 1. The van der Waals surface area contributed by atoms with E-state index in [1.807, 2.05) is 31.2 Å². The van der Waals surface area contributed by atoms with Gasteiger partial charge in [-0.1, -0.05) is 28.1 Å². The summed E-state index contributed by atoms with van der Waals surface area (Å²) in [6.07, 6.45) is 1.19. The van der Waals surface area contributed by atoms with Crippen molar-refractivity contribution >= 4 is 21.8 Å². The zero-order valence-electron chi connectivity index (χ0n) is 10.2. The van der Waals surface area contributed by atoms with Crippen LogP contribution in [0.2, 0.25) is 0 Å². The fraction of sp³-hybridized carbons (Fsp3) is 0.462. The first-order valence-electron chi connectivity index (χ1n) is 5.65.